The summed E-state index contributed by atoms with van der Waals surface area (Å²) in [4.78, 5) is 0. The fourth-order valence-electron chi connectivity index (χ4n) is 2.85. The number of fused-ring (bicyclic) bond motifs is 1. The number of ether oxygens (including phenoxy) is 1. The molecule has 0 saturated carbocycles. The maximum atomic E-state index is 5.31. The molecule has 2 aromatic rings. The molecule has 1 fully saturated rings. The molecule has 0 aliphatic carbocycles. The summed E-state index contributed by atoms with van der Waals surface area (Å²) in [5.74, 6) is 0.934. The number of aromatic nitrogens is 1. The highest BCUT2D eigenvalue weighted by molar-refractivity contribution is 5.83. The van der Waals surface area contributed by atoms with Gasteiger partial charge in [-0.25, -0.2) is 0 Å². The van der Waals surface area contributed by atoms with Gasteiger partial charge in [-0.15, -0.1) is 0 Å². The van der Waals surface area contributed by atoms with Gasteiger partial charge in [0.15, 0.2) is 0 Å². The average Bonchev–Trinajstić information content (AvgIpc) is 3.03. The lowest BCUT2D eigenvalue weighted by Gasteiger charge is -2.23. The summed E-state index contributed by atoms with van der Waals surface area (Å²) < 4.78 is 7.71. The molecule has 3 rings (SSSR count). The Labute approximate surface area is 108 Å². The molecular weight excluding hydrogens is 224 g/mol. The first-order valence-electron chi connectivity index (χ1n) is 6.77. The second-order valence-corrected chi connectivity index (χ2v) is 4.89. The lowest BCUT2D eigenvalue weighted by Crippen LogP contribution is -2.32. The van der Waals surface area contributed by atoms with Crippen LogP contribution in [0.5, 0.6) is 5.75 Å². The molecule has 1 aromatic carbocycles. The van der Waals surface area contributed by atoms with Crippen molar-refractivity contribution >= 4 is 10.9 Å². The Morgan fingerprint density at radius 1 is 1.17 bits per heavy atom. The van der Waals surface area contributed by atoms with E-state index in [1.54, 1.807) is 7.11 Å². The molecular formula is C15H20N2O. The molecule has 0 radical (unpaired) electrons. The van der Waals surface area contributed by atoms with Crippen molar-refractivity contribution in [1.29, 1.82) is 0 Å². The normalized spacial score (nSPS) is 15.6. The number of nitrogens with zero attached hydrogens (tertiary/aromatic N) is 2. The Bertz CT molecular complexity index is 553. The van der Waals surface area contributed by atoms with E-state index in [9.17, 15) is 0 Å². The van der Waals surface area contributed by atoms with Crippen LogP contribution in [0.2, 0.25) is 0 Å². The molecule has 2 heterocycles. The van der Waals surface area contributed by atoms with E-state index >= 15 is 0 Å². The Kier molecular flexibility index (Phi) is 2.90. The molecule has 1 aromatic heterocycles. The van der Waals surface area contributed by atoms with Crippen molar-refractivity contribution in [2.24, 2.45) is 0 Å². The zero-order valence-corrected chi connectivity index (χ0v) is 11.1. The molecule has 0 atom stereocenters. The molecule has 1 saturated heterocycles. The van der Waals surface area contributed by atoms with Crippen LogP contribution in [0.1, 0.15) is 25.5 Å². The molecule has 1 aliphatic rings. The standard InChI is InChI=1S/C15H20N2O/c1-3-13-10-12-11-14(18-2)6-7-15(12)17(13)16-8-4-5-9-16/h6-7,10-11H,3-5,8-9H2,1-2H3. The van der Waals surface area contributed by atoms with Crippen LogP contribution in [-0.4, -0.2) is 24.9 Å². The number of aryl methyl sites for hydroxylation is 1. The van der Waals surface area contributed by atoms with Gasteiger partial charge in [0.25, 0.3) is 0 Å². The molecule has 0 unspecified atom stereocenters. The van der Waals surface area contributed by atoms with E-state index in [0.29, 0.717) is 0 Å². The maximum absolute atomic E-state index is 5.31. The van der Waals surface area contributed by atoms with Gasteiger partial charge in [0.2, 0.25) is 0 Å². The summed E-state index contributed by atoms with van der Waals surface area (Å²) >= 11 is 0. The number of methoxy groups -OCH3 is 1. The third-order valence-corrected chi connectivity index (χ3v) is 3.78. The Morgan fingerprint density at radius 3 is 2.61 bits per heavy atom. The Balaban J connectivity index is 2.15. The van der Waals surface area contributed by atoms with E-state index in [2.05, 4.69) is 34.8 Å². The van der Waals surface area contributed by atoms with Gasteiger partial charge < -0.3 is 9.75 Å². The highest BCUT2D eigenvalue weighted by Crippen LogP contribution is 2.26. The van der Waals surface area contributed by atoms with Gasteiger partial charge in [0.1, 0.15) is 5.75 Å². The SMILES string of the molecule is CCc1cc2cc(OC)ccc2n1N1CCCC1. The summed E-state index contributed by atoms with van der Waals surface area (Å²) in [7, 11) is 1.72. The predicted molar refractivity (Wildman–Crippen MR) is 75.1 cm³/mol. The van der Waals surface area contributed by atoms with Crippen LogP contribution in [0.3, 0.4) is 0 Å². The topological polar surface area (TPSA) is 17.4 Å². The van der Waals surface area contributed by atoms with Crippen LogP contribution in [0.15, 0.2) is 24.3 Å². The van der Waals surface area contributed by atoms with E-state index in [1.165, 1.54) is 42.5 Å². The number of rotatable bonds is 3. The summed E-state index contributed by atoms with van der Waals surface area (Å²) in [6, 6.07) is 8.64. The lowest BCUT2D eigenvalue weighted by atomic mass is 10.2. The minimum atomic E-state index is 0.934. The van der Waals surface area contributed by atoms with Crippen LogP contribution in [0, 0.1) is 0 Å². The largest absolute Gasteiger partial charge is 0.497 e. The third kappa shape index (κ3) is 1.74. The van der Waals surface area contributed by atoms with Crippen LogP contribution in [0.4, 0.5) is 0 Å². The molecule has 1 aliphatic heterocycles. The fourth-order valence-corrected chi connectivity index (χ4v) is 2.85. The van der Waals surface area contributed by atoms with Crippen molar-refractivity contribution in [2.45, 2.75) is 26.2 Å². The number of benzene rings is 1. The van der Waals surface area contributed by atoms with E-state index in [-0.39, 0.29) is 0 Å². The van der Waals surface area contributed by atoms with Crippen molar-refractivity contribution in [3.63, 3.8) is 0 Å². The van der Waals surface area contributed by atoms with Crippen LogP contribution in [-0.2, 0) is 6.42 Å². The van der Waals surface area contributed by atoms with Gasteiger partial charge in [-0.05, 0) is 43.5 Å². The van der Waals surface area contributed by atoms with Crippen LogP contribution in [0.25, 0.3) is 10.9 Å². The summed E-state index contributed by atoms with van der Waals surface area (Å²) in [5, 5.41) is 3.74. The van der Waals surface area contributed by atoms with E-state index in [1.807, 2.05) is 6.07 Å². The summed E-state index contributed by atoms with van der Waals surface area (Å²) in [6.07, 6.45) is 3.67. The first-order valence-corrected chi connectivity index (χ1v) is 6.77. The maximum Gasteiger partial charge on any atom is 0.119 e. The zero-order chi connectivity index (χ0) is 12.5. The minimum Gasteiger partial charge on any atom is -0.497 e. The second-order valence-electron chi connectivity index (χ2n) is 4.89. The quantitative estimate of drug-likeness (QED) is 0.826. The molecule has 3 heteroatoms. The van der Waals surface area contributed by atoms with Crippen LogP contribution >= 0.6 is 0 Å². The summed E-state index contributed by atoms with van der Waals surface area (Å²) in [6.45, 7) is 4.56. The van der Waals surface area contributed by atoms with Crippen LogP contribution < -0.4 is 9.75 Å². The molecule has 0 spiro atoms. The highest BCUT2D eigenvalue weighted by Gasteiger charge is 2.17. The molecule has 0 N–H and O–H groups in total. The van der Waals surface area contributed by atoms with Gasteiger partial charge >= 0.3 is 0 Å². The molecule has 18 heavy (non-hydrogen) atoms. The Hall–Kier alpha value is -1.64. The number of hydrogen-bond acceptors (Lipinski definition) is 2. The highest BCUT2D eigenvalue weighted by atomic mass is 16.5. The van der Waals surface area contributed by atoms with Crippen molar-refractivity contribution < 1.29 is 4.74 Å². The number of hydrogen-bond donors (Lipinski definition) is 0. The van der Waals surface area contributed by atoms with Crippen molar-refractivity contribution in [3.8, 4) is 5.75 Å². The van der Waals surface area contributed by atoms with E-state index < -0.39 is 0 Å². The smallest absolute Gasteiger partial charge is 0.119 e. The molecule has 96 valence electrons. The lowest BCUT2D eigenvalue weighted by molar-refractivity contribution is 0.415. The van der Waals surface area contributed by atoms with Gasteiger partial charge in [-0.2, -0.15) is 0 Å². The van der Waals surface area contributed by atoms with E-state index in [4.69, 9.17) is 4.74 Å². The molecule has 0 bridgehead atoms. The Morgan fingerprint density at radius 2 is 1.94 bits per heavy atom. The first-order chi connectivity index (χ1) is 8.83. The third-order valence-electron chi connectivity index (χ3n) is 3.78. The molecule has 0 amide bonds. The van der Waals surface area contributed by atoms with Gasteiger partial charge in [-0.1, -0.05) is 6.92 Å². The van der Waals surface area contributed by atoms with Crippen molar-refractivity contribution in [2.75, 3.05) is 25.2 Å². The van der Waals surface area contributed by atoms with Crippen molar-refractivity contribution in [1.82, 2.24) is 4.68 Å². The van der Waals surface area contributed by atoms with Gasteiger partial charge in [0, 0.05) is 24.2 Å². The predicted octanol–water partition coefficient (Wildman–Crippen LogP) is 2.94. The minimum absolute atomic E-state index is 0.934. The van der Waals surface area contributed by atoms with Gasteiger partial charge in [0.05, 0.1) is 12.6 Å². The first kappa shape index (κ1) is 11.5. The second kappa shape index (κ2) is 4.56. The monoisotopic (exact) mass is 244 g/mol. The van der Waals surface area contributed by atoms with Crippen molar-refractivity contribution in [3.05, 3.63) is 30.0 Å². The molecule has 3 nitrogen and oxygen atoms in total. The van der Waals surface area contributed by atoms with E-state index in [0.717, 1.165) is 12.2 Å². The average molecular weight is 244 g/mol. The van der Waals surface area contributed by atoms with Gasteiger partial charge in [-0.3, -0.25) is 4.68 Å². The fraction of sp³-hybridized carbons (Fsp3) is 0.467. The summed E-state index contributed by atoms with van der Waals surface area (Å²) in [5.41, 5.74) is 2.69. The zero-order valence-electron chi connectivity index (χ0n) is 11.1.